The van der Waals surface area contributed by atoms with E-state index in [1.165, 1.54) is 37.4 Å². The van der Waals surface area contributed by atoms with E-state index in [1.807, 2.05) is 6.08 Å². The summed E-state index contributed by atoms with van der Waals surface area (Å²) in [7, 11) is -4.68. The fraction of sp³-hybridized carbons (Fsp3) is 0.882. The maximum Gasteiger partial charge on any atom is 0.397 e. The Bertz CT molecular complexity index is 513. The Morgan fingerprint density at radius 1 is 0.963 bits per heavy atom. The van der Waals surface area contributed by atoms with E-state index in [4.69, 9.17) is 9.29 Å². The molecule has 0 amide bonds. The van der Waals surface area contributed by atoms with Crippen molar-refractivity contribution in [1.82, 2.24) is 0 Å². The number of aliphatic hydroxyl groups excluding tert-OH is 3. The number of ether oxygens (including phenoxy) is 1. The molecule has 0 bridgehead atoms. The number of hydrogen-bond donors (Lipinski definition) is 4. The van der Waals surface area contributed by atoms with Gasteiger partial charge in [-0.1, -0.05) is 38.2 Å². The van der Waals surface area contributed by atoms with Crippen LogP contribution < -0.4 is 0 Å². The SMILES string of the molecule is C=CCCCCCCCCCS[C@@H]1O[C@H](COS(=O)(=O)O)[C@@H](O)[C@H](O)[C@H]1O. The Labute approximate surface area is 165 Å². The fourth-order valence-electron chi connectivity index (χ4n) is 2.82. The van der Waals surface area contributed by atoms with Gasteiger partial charge in [-0.3, -0.25) is 4.55 Å². The van der Waals surface area contributed by atoms with Crippen molar-refractivity contribution >= 4 is 22.2 Å². The van der Waals surface area contributed by atoms with Crippen molar-refractivity contribution in [1.29, 1.82) is 0 Å². The standard InChI is InChI=1S/C17H32O8S2/c1-2-3-4-5-6-7-8-9-10-11-26-17-16(20)15(19)14(18)13(25-17)12-24-27(21,22)23/h2,13-20H,1,3-12H2,(H,21,22,23)/t13-,14-,15+,16-,17+/m1/s1. The predicted octanol–water partition coefficient (Wildman–Crippen LogP) is 1.65. The van der Waals surface area contributed by atoms with Crippen LogP contribution in [0.3, 0.4) is 0 Å². The molecule has 1 fully saturated rings. The smallest absolute Gasteiger partial charge is 0.387 e. The maximum absolute atomic E-state index is 10.7. The molecule has 4 N–H and O–H groups in total. The van der Waals surface area contributed by atoms with Crippen LogP contribution in [0.15, 0.2) is 12.7 Å². The summed E-state index contributed by atoms with van der Waals surface area (Å²) in [5.74, 6) is 0.701. The van der Waals surface area contributed by atoms with Crippen molar-refractivity contribution < 1.29 is 37.2 Å². The van der Waals surface area contributed by atoms with Gasteiger partial charge >= 0.3 is 10.4 Å². The second kappa shape index (κ2) is 13.1. The molecule has 0 aromatic rings. The number of thioether (sulfide) groups is 1. The molecule has 0 aromatic heterocycles. The van der Waals surface area contributed by atoms with Crippen molar-refractivity contribution in [2.24, 2.45) is 0 Å². The normalized spacial score (nSPS) is 29.0. The van der Waals surface area contributed by atoms with Crippen LogP contribution in [-0.2, 0) is 19.3 Å². The van der Waals surface area contributed by atoms with Crippen molar-refractivity contribution in [3.63, 3.8) is 0 Å². The van der Waals surface area contributed by atoms with Gasteiger partial charge in [0.2, 0.25) is 0 Å². The Balaban J connectivity index is 2.25. The number of hydrogen-bond acceptors (Lipinski definition) is 8. The number of aliphatic hydroxyl groups is 3. The number of allylic oxidation sites excluding steroid dienone is 1. The third-order valence-corrected chi connectivity index (χ3v) is 6.06. The van der Waals surface area contributed by atoms with Gasteiger partial charge in [-0.25, -0.2) is 4.18 Å². The zero-order valence-corrected chi connectivity index (χ0v) is 17.1. The molecule has 1 aliphatic heterocycles. The molecular formula is C17H32O8S2. The van der Waals surface area contributed by atoms with Gasteiger partial charge in [-0.2, -0.15) is 8.42 Å². The van der Waals surface area contributed by atoms with Crippen LogP contribution in [0.5, 0.6) is 0 Å². The van der Waals surface area contributed by atoms with Crippen molar-refractivity contribution in [3.05, 3.63) is 12.7 Å². The van der Waals surface area contributed by atoms with E-state index in [2.05, 4.69) is 10.8 Å². The summed E-state index contributed by atoms with van der Waals surface area (Å²) in [5.41, 5.74) is -0.808. The van der Waals surface area contributed by atoms with Crippen LogP contribution in [0.25, 0.3) is 0 Å². The van der Waals surface area contributed by atoms with Crippen LogP contribution in [0, 0.1) is 0 Å². The highest BCUT2D eigenvalue weighted by Gasteiger charge is 2.44. The van der Waals surface area contributed by atoms with Crippen molar-refractivity contribution in [2.45, 2.75) is 81.2 Å². The van der Waals surface area contributed by atoms with Gasteiger partial charge in [-0.15, -0.1) is 18.3 Å². The van der Waals surface area contributed by atoms with Crippen LogP contribution in [0.4, 0.5) is 0 Å². The zero-order chi connectivity index (χ0) is 20.3. The van der Waals surface area contributed by atoms with Gasteiger partial charge in [0.1, 0.15) is 29.9 Å². The second-order valence-corrected chi connectivity index (χ2v) is 8.95. The zero-order valence-electron chi connectivity index (χ0n) is 15.5. The predicted molar refractivity (Wildman–Crippen MR) is 104 cm³/mol. The minimum absolute atomic E-state index is 0.646. The van der Waals surface area contributed by atoms with Gasteiger partial charge < -0.3 is 20.1 Å². The number of unbranched alkanes of at least 4 members (excludes halogenated alkanes) is 7. The van der Waals surface area contributed by atoms with Crippen LogP contribution >= 0.6 is 11.8 Å². The molecule has 0 unspecified atom stereocenters. The monoisotopic (exact) mass is 428 g/mol. The molecule has 160 valence electrons. The molecule has 0 aliphatic carbocycles. The first-order chi connectivity index (χ1) is 12.8. The molecule has 0 spiro atoms. The molecule has 1 saturated heterocycles. The van der Waals surface area contributed by atoms with Crippen molar-refractivity contribution in [3.8, 4) is 0 Å². The molecule has 1 rings (SSSR count). The van der Waals surface area contributed by atoms with Crippen LogP contribution in [0.2, 0.25) is 0 Å². The van der Waals surface area contributed by atoms with Crippen molar-refractivity contribution in [2.75, 3.05) is 12.4 Å². The molecule has 27 heavy (non-hydrogen) atoms. The quantitative estimate of drug-likeness (QED) is 0.185. The molecule has 0 radical (unpaired) electrons. The molecule has 10 heteroatoms. The first-order valence-electron chi connectivity index (χ1n) is 9.30. The minimum Gasteiger partial charge on any atom is -0.387 e. The second-order valence-electron chi connectivity index (χ2n) is 6.65. The fourth-order valence-corrected chi connectivity index (χ4v) is 4.31. The first-order valence-corrected chi connectivity index (χ1v) is 11.7. The molecule has 0 aromatic carbocycles. The Kier molecular flexibility index (Phi) is 12.1. The average molecular weight is 429 g/mol. The Morgan fingerprint density at radius 3 is 2.15 bits per heavy atom. The van der Waals surface area contributed by atoms with E-state index in [-0.39, 0.29) is 0 Å². The van der Waals surface area contributed by atoms with E-state index in [9.17, 15) is 23.7 Å². The summed E-state index contributed by atoms with van der Waals surface area (Å²) < 4.78 is 39.6. The van der Waals surface area contributed by atoms with Crippen LogP contribution in [-0.4, -0.2) is 70.5 Å². The Morgan fingerprint density at radius 2 is 1.56 bits per heavy atom. The Hall–Kier alpha value is -0.200. The molecule has 1 heterocycles. The third-order valence-electron chi connectivity index (χ3n) is 4.38. The van der Waals surface area contributed by atoms with Gasteiger partial charge in [0.05, 0.1) is 6.61 Å². The summed E-state index contributed by atoms with van der Waals surface area (Å²) in [6.45, 7) is 3.06. The highest BCUT2D eigenvalue weighted by atomic mass is 32.3. The van der Waals surface area contributed by atoms with E-state index < -0.39 is 46.9 Å². The summed E-state index contributed by atoms with van der Waals surface area (Å²) in [6.07, 6.45) is 5.46. The van der Waals surface area contributed by atoms with Gasteiger partial charge in [0, 0.05) is 0 Å². The van der Waals surface area contributed by atoms with E-state index in [0.29, 0.717) is 5.75 Å². The maximum atomic E-state index is 10.7. The summed E-state index contributed by atoms with van der Waals surface area (Å²) in [6, 6.07) is 0. The molecule has 8 nitrogen and oxygen atoms in total. The van der Waals surface area contributed by atoms with Gasteiger partial charge in [0.25, 0.3) is 0 Å². The lowest BCUT2D eigenvalue weighted by molar-refractivity contribution is -0.203. The van der Waals surface area contributed by atoms with E-state index in [1.54, 1.807) is 0 Å². The molecular weight excluding hydrogens is 396 g/mol. The first kappa shape index (κ1) is 24.8. The lowest BCUT2D eigenvalue weighted by Gasteiger charge is -2.40. The topological polar surface area (TPSA) is 134 Å². The van der Waals surface area contributed by atoms with Gasteiger partial charge in [-0.05, 0) is 25.0 Å². The molecule has 1 aliphatic rings. The summed E-state index contributed by atoms with van der Waals surface area (Å²) in [5, 5.41) is 29.8. The lowest BCUT2D eigenvalue weighted by atomic mass is 10.0. The van der Waals surface area contributed by atoms with E-state index >= 15 is 0 Å². The number of rotatable bonds is 14. The van der Waals surface area contributed by atoms with Crippen LogP contribution in [0.1, 0.15) is 51.4 Å². The van der Waals surface area contributed by atoms with Gasteiger partial charge in [0.15, 0.2) is 0 Å². The molecule has 0 saturated carbocycles. The summed E-state index contributed by atoms with van der Waals surface area (Å²) in [4.78, 5) is 0. The third kappa shape index (κ3) is 10.2. The molecule has 5 atom stereocenters. The minimum atomic E-state index is -4.68. The highest BCUT2D eigenvalue weighted by molar-refractivity contribution is 7.99. The summed E-state index contributed by atoms with van der Waals surface area (Å²) >= 11 is 1.30. The average Bonchev–Trinajstić information content (AvgIpc) is 2.61. The largest absolute Gasteiger partial charge is 0.397 e. The van der Waals surface area contributed by atoms with E-state index in [0.717, 1.165) is 25.7 Å². The lowest BCUT2D eigenvalue weighted by Crippen LogP contribution is -2.57. The highest BCUT2D eigenvalue weighted by Crippen LogP contribution is 2.29.